The Morgan fingerprint density at radius 3 is 2.43 bits per heavy atom. The fraction of sp³-hybridized carbons (Fsp3) is 0.650. The number of ether oxygens (including phenoxy) is 1. The van der Waals surface area contributed by atoms with Crippen LogP contribution < -0.4 is 4.74 Å². The predicted molar refractivity (Wildman–Crippen MR) is 93.5 cm³/mol. The number of hydrogen-bond acceptors (Lipinski definition) is 2. The number of ketones is 1. The number of carbonyl (C=O) groups is 1. The van der Waals surface area contributed by atoms with Crippen LogP contribution in [0.2, 0.25) is 0 Å². The monoisotopic (exact) mass is 322 g/mol. The number of unbranched alkanes of at least 4 members (excludes halogenated alkanes) is 2. The van der Waals surface area contributed by atoms with Gasteiger partial charge in [0.2, 0.25) is 0 Å². The van der Waals surface area contributed by atoms with Gasteiger partial charge in [-0.1, -0.05) is 40.2 Å². The van der Waals surface area contributed by atoms with Gasteiger partial charge in [0, 0.05) is 12.3 Å². The van der Waals surface area contributed by atoms with Crippen molar-refractivity contribution in [2.75, 3.05) is 6.61 Å². The van der Waals surface area contributed by atoms with Crippen molar-refractivity contribution < 1.29 is 13.9 Å². The van der Waals surface area contributed by atoms with Crippen LogP contribution >= 0.6 is 0 Å². The zero-order chi connectivity index (χ0) is 17.4. The smallest absolute Gasteiger partial charge is 0.168 e. The molecule has 2 nitrogen and oxygen atoms in total. The normalized spacial score (nSPS) is 11.3. The lowest BCUT2D eigenvalue weighted by atomic mass is 10.00. The molecule has 0 fully saturated rings. The molecular weight excluding hydrogens is 291 g/mol. The molecule has 0 spiro atoms. The Balaban J connectivity index is 2.51. The molecule has 130 valence electrons. The molecule has 0 N–H and O–H groups in total. The summed E-state index contributed by atoms with van der Waals surface area (Å²) in [5.41, 5.74) is 1.74. The molecule has 0 aromatic heterocycles. The van der Waals surface area contributed by atoms with Gasteiger partial charge in [0.1, 0.15) is 5.78 Å². The Kier molecular flexibility index (Phi) is 8.29. The van der Waals surface area contributed by atoms with Gasteiger partial charge in [-0.2, -0.15) is 0 Å². The molecule has 1 rings (SSSR count). The number of hydrogen-bond donors (Lipinski definition) is 0. The highest BCUT2D eigenvalue weighted by atomic mass is 19.1. The van der Waals surface area contributed by atoms with E-state index in [1.54, 1.807) is 6.07 Å². The van der Waals surface area contributed by atoms with E-state index >= 15 is 0 Å². The minimum Gasteiger partial charge on any atom is -0.490 e. The van der Waals surface area contributed by atoms with Crippen molar-refractivity contribution >= 4 is 5.78 Å². The summed E-state index contributed by atoms with van der Waals surface area (Å²) in [6.07, 6.45) is 4.07. The van der Waals surface area contributed by atoms with Crippen LogP contribution in [0.4, 0.5) is 4.39 Å². The molecule has 0 unspecified atom stereocenters. The zero-order valence-corrected chi connectivity index (χ0v) is 15.2. The molecular formula is C20H31FO2. The molecule has 0 aliphatic heterocycles. The van der Waals surface area contributed by atoms with E-state index < -0.39 is 0 Å². The average molecular weight is 322 g/mol. The van der Waals surface area contributed by atoms with Crippen LogP contribution in [0.1, 0.15) is 64.5 Å². The van der Waals surface area contributed by atoms with Crippen LogP contribution in [-0.4, -0.2) is 12.4 Å². The van der Waals surface area contributed by atoms with Crippen molar-refractivity contribution in [1.29, 1.82) is 0 Å². The highest BCUT2D eigenvalue weighted by Gasteiger charge is 2.12. The van der Waals surface area contributed by atoms with Crippen LogP contribution in [0.3, 0.4) is 0 Å². The third-order valence-corrected chi connectivity index (χ3v) is 3.84. The van der Waals surface area contributed by atoms with Crippen molar-refractivity contribution in [2.45, 2.75) is 66.7 Å². The Labute approximate surface area is 140 Å². The number of halogens is 1. The summed E-state index contributed by atoms with van der Waals surface area (Å²) in [6.45, 7) is 10.5. The fourth-order valence-corrected chi connectivity index (χ4v) is 2.43. The van der Waals surface area contributed by atoms with Crippen LogP contribution in [-0.2, 0) is 11.2 Å². The zero-order valence-electron chi connectivity index (χ0n) is 15.2. The maximum atomic E-state index is 14.5. The molecule has 0 atom stereocenters. The van der Waals surface area contributed by atoms with Crippen LogP contribution in [0.25, 0.3) is 0 Å². The first-order valence-electron chi connectivity index (χ1n) is 8.75. The van der Waals surface area contributed by atoms with Crippen molar-refractivity contribution in [3.8, 4) is 5.75 Å². The van der Waals surface area contributed by atoms with Crippen LogP contribution in [0.15, 0.2) is 12.1 Å². The van der Waals surface area contributed by atoms with Crippen molar-refractivity contribution in [1.82, 2.24) is 0 Å². The Hall–Kier alpha value is -1.38. The molecule has 3 heteroatoms. The van der Waals surface area contributed by atoms with E-state index in [0.29, 0.717) is 36.9 Å². The van der Waals surface area contributed by atoms with E-state index in [2.05, 4.69) is 0 Å². The molecule has 0 radical (unpaired) electrons. The topological polar surface area (TPSA) is 26.3 Å². The number of carbonyl (C=O) groups excluding carboxylic acids is 1. The summed E-state index contributed by atoms with van der Waals surface area (Å²) in [4.78, 5) is 11.6. The Bertz CT molecular complexity index is 507. The maximum Gasteiger partial charge on any atom is 0.168 e. The SMILES string of the molecule is Cc1cc(CCCCCC(=O)C(C)C)c(F)c(OCC(C)C)c1. The van der Waals surface area contributed by atoms with Gasteiger partial charge in [-0.3, -0.25) is 4.79 Å². The fourth-order valence-electron chi connectivity index (χ4n) is 2.43. The molecule has 0 saturated carbocycles. The summed E-state index contributed by atoms with van der Waals surface area (Å²) in [5.74, 6) is 0.941. The molecule has 0 aliphatic rings. The standard InChI is InChI=1S/C20H31FO2/c1-14(2)13-23-19-12-16(5)11-17(20(19)21)9-7-6-8-10-18(22)15(3)4/h11-12,14-15H,6-10,13H2,1-5H3. The lowest BCUT2D eigenvalue weighted by Gasteiger charge is -2.13. The Morgan fingerprint density at radius 1 is 1.13 bits per heavy atom. The predicted octanol–water partition coefficient (Wildman–Crippen LogP) is 5.50. The van der Waals surface area contributed by atoms with E-state index in [4.69, 9.17) is 4.74 Å². The molecule has 0 bridgehead atoms. The van der Waals surface area contributed by atoms with Crippen LogP contribution in [0, 0.1) is 24.6 Å². The lowest BCUT2D eigenvalue weighted by molar-refractivity contribution is -0.122. The summed E-state index contributed by atoms with van der Waals surface area (Å²) in [6, 6.07) is 3.67. The average Bonchev–Trinajstić information content (AvgIpc) is 2.47. The maximum absolute atomic E-state index is 14.5. The van der Waals surface area contributed by atoms with Crippen LogP contribution in [0.5, 0.6) is 5.75 Å². The molecule has 1 aromatic rings. The molecule has 23 heavy (non-hydrogen) atoms. The minimum absolute atomic E-state index is 0.116. The summed E-state index contributed by atoms with van der Waals surface area (Å²) < 4.78 is 20.1. The third-order valence-electron chi connectivity index (χ3n) is 3.84. The van der Waals surface area contributed by atoms with Crippen molar-refractivity contribution in [3.05, 3.63) is 29.1 Å². The third kappa shape index (κ3) is 7.15. The summed E-state index contributed by atoms with van der Waals surface area (Å²) in [5, 5.41) is 0. The molecule has 1 aromatic carbocycles. The van der Waals surface area contributed by atoms with Gasteiger partial charge in [-0.25, -0.2) is 4.39 Å². The highest BCUT2D eigenvalue weighted by Crippen LogP contribution is 2.25. The van der Waals surface area contributed by atoms with Gasteiger partial charge in [-0.05, 0) is 49.3 Å². The number of Topliss-reactive ketones (excluding diaryl/α,β-unsaturated/α-hetero) is 1. The first kappa shape index (κ1) is 19.7. The lowest BCUT2D eigenvalue weighted by Crippen LogP contribution is -2.07. The van der Waals surface area contributed by atoms with Gasteiger partial charge in [0.05, 0.1) is 6.61 Å². The summed E-state index contributed by atoms with van der Waals surface area (Å²) in [7, 11) is 0. The quantitative estimate of drug-likeness (QED) is 0.532. The molecule has 0 aliphatic carbocycles. The first-order valence-corrected chi connectivity index (χ1v) is 8.75. The highest BCUT2D eigenvalue weighted by molar-refractivity contribution is 5.80. The van der Waals surface area contributed by atoms with E-state index in [0.717, 1.165) is 30.4 Å². The van der Waals surface area contributed by atoms with Gasteiger partial charge < -0.3 is 4.74 Å². The van der Waals surface area contributed by atoms with Gasteiger partial charge in [0.25, 0.3) is 0 Å². The second kappa shape index (κ2) is 9.69. The van der Waals surface area contributed by atoms with Crippen molar-refractivity contribution in [3.63, 3.8) is 0 Å². The molecule has 0 saturated heterocycles. The second-order valence-corrected chi connectivity index (χ2v) is 7.12. The first-order chi connectivity index (χ1) is 10.8. The van der Waals surface area contributed by atoms with Crippen molar-refractivity contribution in [2.24, 2.45) is 11.8 Å². The van der Waals surface area contributed by atoms with Gasteiger partial charge in [0.15, 0.2) is 11.6 Å². The number of rotatable bonds is 10. The van der Waals surface area contributed by atoms with Gasteiger partial charge >= 0.3 is 0 Å². The largest absolute Gasteiger partial charge is 0.490 e. The number of aryl methyl sites for hydroxylation is 2. The van der Waals surface area contributed by atoms with E-state index in [1.165, 1.54) is 0 Å². The van der Waals surface area contributed by atoms with E-state index in [-0.39, 0.29) is 11.7 Å². The minimum atomic E-state index is -0.227. The summed E-state index contributed by atoms with van der Waals surface area (Å²) >= 11 is 0. The molecule has 0 amide bonds. The number of benzene rings is 1. The van der Waals surface area contributed by atoms with Gasteiger partial charge in [-0.15, -0.1) is 0 Å². The Morgan fingerprint density at radius 2 is 1.83 bits per heavy atom. The molecule has 0 heterocycles. The van der Waals surface area contributed by atoms with E-state index in [9.17, 15) is 9.18 Å². The second-order valence-electron chi connectivity index (χ2n) is 7.12. The van der Waals surface area contributed by atoms with E-state index in [1.807, 2.05) is 40.7 Å².